The predicted molar refractivity (Wildman–Crippen MR) is 119 cm³/mol. The Kier molecular flexibility index (Phi) is 7.50. The van der Waals surface area contributed by atoms with Gasteiger partial charge in [-0.15, -0.1) is 0 Å². The van der Waals surface area contributed by atoms with Crippen LogP contribution in [0.5, 0.6) is 5.75 Å². The molecule has 0 heterocycles. The zero-order valence-electron chi connectivity index (χ0n) is 16.5. The molecule has 9 heteroatoms. The number of hydrogen-bond acceptors (Lipinski definition) is 4. The van der Waals surface area contributed by atoms with Crippen molar-refractivity contribution in [3.05, 3.63) is 52.5 Å². The van der Waals surface area contributed by atoms with Crippen molar-refractivity contribution < 1.29 is 17.9 Å². The van der Waals surface area contributed by atoms with E-state index in [9.17, 15) is 13.2 Å². The minimum atomic E-state index is -3.89. The summed E-state index contributed by atoms with van der Waals surface area (Å²) in [6, 6.07) is 10.7. The van der Waals surface area contributed by atoms with E-state index in [2.05, 4.69) is 10.0 Å². The highest BCUT2D eigenvalue weighted by Gasteiger charge is 2.22. The summed E-state index contributed by atoms with van der Waals surface area (Å²) < 4.78 is 33.3. The second-order valence-corrected chi connectivity index (χ2v) is 9.77. The highest BCUT2D eigenvalue weighted by molar-refractivity contribution is 7.92. The van der Waals surface area contributed by atoms with Gasteiger partial charge in [0.2, 0.25) is 0 Å². The molecule has 162 valence electrons. The summed E-state index contributed by atoms with van der Waals surface area (Å²) in [6.07, 6.45) is 4.77. The van der Waals surface area contributed by atoms with E-state index in [1.165, 1.54) is 30.7 Å². The molecular weight excluding hydrogens is 447 g/mol. The van der Waals surface area contributed by atoms with Gasteiger partial charge < -0.3 is 10.1 Å². The summed E-state index contributed by atoms with van der Waals surface area (Å²) in [6.45, 7) is 1.67. The number of carbonyl (C=O) groups excluding carboxylic acids is 1. The lowest BCUT2D eigenvalue weighted by Crippen LogP contribution is -2.43. The largest absolute Gasteiger partial charge is 0.481 e. The fraction of sp³-hybridized carbons (Fsp3) is 0.381. The van der Waals surface area contributed by atoms with Crippen LogP contribution in [0.4, 0.5) is 5.69 Å². The van der Waals surface area contributed by atoms with Gasteiger partial charge in [0.25, 0.3) is 15.9 Å². The van der Waals surface area contributed by atoms with E-state index in [-0.39, 0.29) is 32.6 Å². The fourth-order valence-electron chi connectivity index (χ4n) is 3.31. The molecule has 1 saturated carbocycles. The van der Waals surface area contributed by atoms with Gasteiger partial charge in [-0.1, -0.05) is 48.5 Å². The van der Waals surface area contributed by atoms with Crippen molar-refractivity contribution in [2.24, 2.45) is 0 Å². The molecule has 1 amide bonds. The first-order valence-corrected chi connectivity index (χ1v) is 12.0. The highest BCUT2D eigenvalue weighted by Crippen LogP contribution is 2.32. The first kappa shape index (κ1) is 22.7. The number of benzene rings is 2. The maximum atomic E-state index is 12.6. The topological polar surface area (TPSA) is 84.5 Å². The Bertz CT molecular complexity index is 970. The van der Waals surface area contributed by atoms with Crippen LogP contribution >= 0.6 is 23.2 Å². The van der Waals surface area contributed by atoms with Crippen molar-refractivity contribution in [1.82, 2.24) is 5.32 Å². The predicted octanol–water partition coefficient (Wildman–Crippen LogP) is 5.01. The lowest BCUT2D eigenvalue weighted by atomic mass is 9.95. The summed E-state index contributed by atoms with van der Waals surface area (Å²) in [7, 11) is -3.89. The quantitative estimate of drug-likeness (QED) is 0.595. The third kappa shape index (κ3) is 5.80. The van der Waals surface area contributed by atoms with Gasteiger partial charge in [0.1, 0.15) is 5.75 Å². The second kappa shape index (κ2) is 9.90. The zero-order chi connectivity index (χ0) is 21.7. The van der Waals surface area contributed by atoms with Crippen LogP contribution in [0.2, 0.25) is 10.0 Å². The highest BCUT2D eigenvalue weighted by atomic mass is 35.5. The number of para-hydroxylation sites is 1. The molecular formula is C21H24Cl2N2O4S. The van der Waals surface area contributed by atoms with Crippen LogP contribution in [-0.4, -0.2) is 26.5 Å². The minimum Gasteiger partial charge on any atom is -0.481 e. The number of sulfonamides is 1. The van der Waals surface area contributed by atoms with Gasteiger partial charge >= 0.3 is 0 Å². The molecule has 0 unspecified atom stereocenters. The van der Waals surface area contributed by atoms with E-state index in [4.69, 9.17) is 27.9 Å². The number of rotatable bonds is 7. The first-order valence-electron chi connectivity index (χ1n) is 9.80. The van der Waals surface area contributed by atoms with Gasteiger partial charge in [0.05, 0.1) is 20.6 Å². The van der Waals surface area contributed by atoms with E-state index >= 15 is 0 Å². The molecule has 0 aromatic heterocycles. The van der Waals surface area contributed by atoms with Crippen LogP contribution < -0.4 is 14.8 Å². The Morgan fingerprint density at radius 2 is 1.63 bits per heavy atom. The molecule has 3 rings (SSSR count). The van der Waals surface area contributed by atoms with Crippen LogP contribution in [-0.2, 0) is 14.8 Å². The summed E-state index contributed by atoms with van der Waals surface area (Å²) in [4.78, 5) is 12.4. The summed E-state index contributed by atoms with van der Waals surface area (Å²) >= 11 is 12.1. The molecule has 2 aromatic carbocycles. The molecule has 2 aromatic rings. The molecule has 30 heavy (non-hydrogen) atoms. The van der Waals surface area contributed by atoms with Gasteiger partial charge in [0.15, 0.2) is 6.10 Å². The lowest BCUT2D eigenvalue weighted by Gasteiger charge is -2.24. The Hall–Kier alpha value is -1.96. The SMILES string of the molecule is C[C@H](Oc1ccc(S(=O)(=O)Nc2c(Cl)cccc2Cl)cc1)C(=O)NC1CCCCC1. The Balaban J connectivity index is 1.63. The maximum absolute atomic E-state index is 12.6. The van der Waals surface area contributed by atoms with Gasteiger partial charge in [0, 0.05) is 6.04 Å². The first-order chi connectivity index (χ1) is 14.3. The van der Waals surface area contributed by atoms with Crippen molar-refractivity contribution in [3.63, 3.8) is 0 Å². The maximum Gasteiger partial charge on any atom is 0.261 e. The third-order valence-corrected chi connectivity index (χ3v) is 6.96. The Labute approximate surface area is 187 Å². The number of nitrogens with one attached hydrogen (secondary N) is 2. The van der Waals surface area contributed by atoms with Crippen molar-refractivity contribution in [2.75, 3.05) is 4.72 Å². The summed E-state index contributed by atoms with van der Waals surface area (Å²) in [5.41, 5.74) is 0.120. The molecule has 1 fully saturated rings. The normalized spacial score (nSPS) is 16.0. The number of anilines is 1. The van der Waals surface area contributed by atoms with E-state index in [0.29, 0.717) is 5.75 Å². The molecule has 2 N–H and O–H groups in total. The summed E-state index contributed by atoms with van der Waals surface area (Å²) in [5, 5.41) is 3.41. The van der Waals surface area contributed by atoms with Gasteiger partial charge in [-0.3, -0.25) is 9.52 Å². The van der Waals surface area contributed by atoms with Crippen molar-refractivity contribution >= 4 is 44.8 Å². The molecule has 1 aliphatic carbocycles. The number of ether oxygens (including phenoxy) is 1. The number of hydrogen-bond donors (Lipinski definition) is 2. The number of carbonyl (C=O) groups is 1. The van der Waals surface area contributed by atoms with Crippen LogP contribution in [0.25, 0.3) is 0 Å². The number of amides is 1. The van der Waals surface area contributed by atoms with E-state index in [1.54, 1.807) is 25.1 Å². The molecule has 1 aliphatic rings. The molecule has 0 aliphatic heterocycles. The molecule has 0 radical (unpaired) electrons. The molecule has 6 nitrogen and oxygen atoms in total. The number of halogens is 2. The van der Waals surface area contributed by atoms with E-state index in [0.717, 1.165) is 25.7 Å². The van der Waals surface area contributed by atoms with Crippen LogP contribution in [0, 0.1) is 0 Å². The fourth-order valence-corrected chi connectivity index (χ4v) is 5.01. The summed E-state index contributed by atoms with van der Waals surface area (Å²) in [5.74, 6) is 0.227. The van der Waals surface area contributed by atoms with Crippen LogP contribution in [0.3, 0.4) is 0 Å². The molecule has 0 bridgehead atoms. The zero-order valence-corrected chi connectivity index (χ0v) is 18.9. The van der Waals surface area contributed by atoms with Crippen molar-refractivity contribution in [2.45, 2.75) is 56.1 Å². The Morgan fingerprint density at radius 1 is 1.03 bits per heavy atom. The van der Waals surface area contributed by atoms with Gasteiger partial charge in [-0.25, -0.2) is 8.42 Å². The van der Waals surface area contributed by atoms with Gasteiger partial charge in [-0.05, 0) is 56.2 Å². The smallest absolute Gasteiger partial charge is 0.261 e. The minimum absolute atomic E-state index is 0.0187. The van der Waals surface area contributed by atoms with Gasteiger partial charge in [-0.2, -0.15) is 0 Å². The van der Waals surface area contributed by atoms with Crippen molar-refractivity contribution in [1.29, 1.82) is 0 Å². The van der Waals surface area contributed by atoms with E-state index in [1.807, 2.05) is 0 Å². The molecule has 1 atom stereocenters. The standard InChI is InChI=1S/C21H24Cl2N2O4S/c1-14(21(26)24-15-6-3-2-4-7-15)29-16-10-12-17(13-11-16)30(27,28)25-20-18(22)8-5-9-19(20)23/h5,8-15,25H,2-4,6-7H2,1H3,(H,24,26)/t14-/m0/s1. The molecule has 0 saturated heterocycles. The monoisotopic (exact) mass is 470 g/mol. The average Bonchev–Trinajstić information content (AvgIpc) is 2.72. The van der Waals surface area contributed by atoms with Crippen LogP contribution in [0.15, 0.2) is 47.4 Å². The third-order valence-electron chi connectivity index (χ3n) is 4.97. The van der Waals surface area contributed by atoms with Crippen LogP contribution in [0.1, 0.15) is 39.0 Å². The van der Waals surface area contributed by atoms with Crippen molar-refractivity contribution in [3.8, 4) is 5.75 Å². The average molecular weight is 471 g/mol. The molecule has 0 spiro atoms. The lowest BCUT2D eigenvalue weighted by molar-refractivity contribution is -0.128. The Morgan fingerprint density at radius 3 is 2.23 bits per heavy atom. The second-order valence-electron chi connectivity index (χ2n) is 7.28. The van der Waals surface area contributed by atoms with E-state index < -0.39 is 16.1 Å².